The van der Waals surface area contributed by atoms with Crippen LogP contribution in [-0.4, -0.2) is 15.8 Å². The maximum Gasteiger partial charge on any atom is 0.170 e. The van der Waals surface area contributed by atoms with Crippen LogP contribution in [0.3, 0.4) is 0 Å². The predicted octanol–water partition coefficient (Wildman–Crippen LogP) is 3.32. The molecule has 3 rings (SSSR count). The zero-order chi connectivity index (χ0) is 13.4. The van der Waals surface area contributed by atoms with E-state index in [9.17, 15) is 4.79 Å². The summed E-state index contributed by atoms with van der Waals surface area (Å²) in [5.41, 5.74) is 5.38. The zero-order valence-corrected chi connectivity index (χ0v) is 11.4. The molecule has 0 unspecified atom stereocenters. The highest BCUT2D eigenvalue weighted by Gasteiger charge is 2.20. The number of fused-ring (bicyclic) bond motifs is 1. The van der Waals surface area contributed by atoms with Crippen molar-refractivity contribution in [1.29, 1.82) is 0 Å². The molecule has 3 heteroatoms. The van der Waals surface area contributed by atoms with Gasteiger partial charge >= 0.3 is 0 Å². The Morgan fingerprint density at radius 2 is 2.05 bits per heavy atom. The predicted molar refractivity (Wildman–Crippen MR) is 75.5 cm³/mol. The number of carbonyl (C=O) groups is 1. The van der Waals surface area contributed by atoms with Gasteiger partial charge < -0.3 is 4.57 Å². The van der Waals surface area contributed by atoms with Gasteiger partial charge in [-0.05, 0) is 50.3 Å². The van der Waals surface area contributed by atoms with Crippen LogP contribution in [0.1, 0.15) is 40.2 Å². The number of benzene rings is 1. The third-order valence-corrected chi connectivity index (χ3v) is 4.03. The Morgan fingerprint density at radius 3 is 2.79 bits per heavy atom. The number of imidazole rings is 1. The van der Waals surface area contributed by atoms with Crippen molar-refractivity contribution >= 4 is 6.29 Å². The molecule has 2 aromatic rings. The summed E-state index contributed by atoms with van der Waals surface area (Å²) in [4.78, 5) is 15.7. The first kappa shape index (κ1) is 12.2. The van der Waals surface area contributed by atoms with Crippen molar-refractivity contribution in [3.8, 4) is 11.4 Å². The molecule has 0 N–H and O–H groups in total. The molecule has 0 saturated carbocycles. The van der Waals surface area contributed by atoms with E-state index in [1.54, 1.807) is 0 Å². The largest absolute Gasteiger partial charge is 0.327 e. The summed E-state index contributed by atoms with van der Waals surface area (Å²) in [7, 11) is 0. The molecular formula is C16H18N2O. The van der Waals surface area contributed by atoms with Gasteiger partial charge in [0.05, 0.1) is 0 Å². The van der Waals surface area contributed by atoms with Crippen LogP contribution in [0.2, 0.25) is 0 Å². The molecule has 1 aliphatic rings. The lowest BCUT2D eigenvalue weighted by Crippen LogP contribution is -2.11. The third-order valence-electron chi connectivity index (χ3n) is 4.03. The summed E-state index contributed by atoms with van der Waals surface area (Å²) in [6.45, 7) is 5.19. The van der Waals surface area contributed by atoms with Gasteiger partial charge in [-0.15, -0.1) is 0 Å². The van der Waals surface area contributed by atoms with Crippen LogP contribution >= 0.6 is 0 Å². The van der Waals surface area contributed by atoms with Crippen molar-refractivity contribution in [1.82, 2.24) is 9.55 Å². The second-order valence-corrected chi connectivity index (χ2v) is 5.29. The maximum atomic E-state index is 11.2. The first-order valence-corrected chi connectivity index (χ1v) is 6.83. The maximum absolute atomic E-state index is 11.2. The Hall–Kier alpha value is -1.90. The molecular weight excluding hydrogens is 236 g/mol. The highest BCUT2D eigenvalue weighted by molar-refractivity contribution is 5.76. The molecule has 0 bridgehead atoms. The fourth-order valence-electron chi connectivity index (χ4n) is 2.77. The van der Waals surface area contributed by atoms with Crippen LogP contribution in [0.25, 0.3) is 11.4 Å². The monoisotopic (exact) mass is 254 g/mol. The van der Waals surface area contributed by atoms with Crippen molar-refractivity contribution < 1.29 is 4.79 Å². The van der Waals surface area contributed by atoms with E-state index in [-0.39, 0.29) is 0 Å². The highest BCUT2D eigenvalue weighted by atomic mass is 16.1. The number of aryl methyl sites for hydroxylation is 2. The second kappa shape index (κ2) is 4.65. The molecule has 1 aromatic carbocycles. The topological polar surface area (TPSA) is 34.9 Å². The zero-order valence-electron chi connectivity index (χ0n) is 11.4. The molecule has 0 radical (unpaired) electrons. The normalized spacial score (nSPS) is 14.2. The van der Waals surface area contributed by atoms with Crippen LogP contribution in [0.15, 0.2) is 18.2 Å². The molecule has 0 aliphatic carbocycles. The smallest absolute Gasteiger partial charge is 0.170 e. The van der Waals surface area contributed by atoms with E-state index >= 15 is 0 Å². The molecule has 0 atom stereocenters. The minimum atomic E-state index is 0.618. The Morgan fingerprint density at radius 1 is 1.21 bits per heavy atom. The van der Waals surface area contributed by atoms with Crippen LogP contribution in [-0.2, 0) is 13.0 Å². The van der Waals surface area contributed by atoms with Crippen molar-refractivity contribution in [2.45, 2.75) is 39.7 Å². The summed E-state index contributed by atoms with van der Waals surface area (Å²) in [5.74, 6) is 0.944. The van der Waals surface area contributed by atoms with Crippen molar-refractivity contribution in [3.63, 3.8) is 0 Å². The standard InChI is InChI=1S/C16H18N2O/c1-11-6-7-13(9-12(11)2)16-17-14(10-19)15-5-3-4-8-18(15)16/h6-7,9-10H,3-5,8H2,1-2H3. The van der Waals surface area contributed by atoms with Gasteiger partial charge in [0.1, 0.15) is 11.5 Å². The fraction of sp³-hybridized carbons (Fsp3) is 0.375. The number of nitrogens with zero attached hydrogens (tertiary/aromatic N) is 2. The van der Waals surface area contributed by atoms with Gasteiger partial charge in [0, 0.05) is 17.8 Å². The minimum absolute atomic E-state index is 0.618. The molecule has 2 heterocycles. The van der Waals surface area contributed by atoms with Gasteiger partial charge in [-0.2, -0.15) is 0 Å². The quantitative estimate of drug-likeness (QED) is 0.771. The van der Waals surface area contributed by atoms with E-state index in [0.717, 1.165) is 42.8 Å². The fourth-order valence-corrected chi connectivity index (χ4v) is 2.77. The lowest BCUT2D eigenvalue weighted by atomic mass is 10.1. The highest BCUT2D eigenvalue weighted by Crippen LogP contribution is 2.28. The minimum Gasteiger partial charge on any atom is -0.327 e. The molecule has 0 amide bonds. The van der Waals surface area contributed by atoms with E-state index in [4.69, 9.17) is 0 Å². The van der Waals surface area contributed by atoms with Crippen LogP contribution in [0.4, 0.5) is 0 Å². The number of aldehydes is 1. The van der Waals surface area contributed by atoms with Crippen molar-refractivity contribution in [3.05, 3.63) is 40.7 Å². The number of aromatic nitrogens is 2. The van der Waals surface area contributed by atoms with Crippen molar-refractivity contribution in [2.24, 2.45) is 0 Å². The first-order chi connectivity index (χ1) is 9.20. The number of rotatable bonds is 2. The Labute approximate surface area is 113 Å². The van der Waals surface area contributed by atoms with E-state index < -0.39 is 0 Å². The van der Waals surface area contributed by atoms with E-state index in [0.29, 0.717) is 5.69 Å². The van der Waals surface area contributed by atoms with Gasteiger partial charge in [-0.25, -0.2) is 4.98 Å². The summed E-state index contributed by atoms with van der Waals surface area (Å²) in [6, 6.07) is 6.38. The molecule has 98 valence electrons. The van der Waals surface area contributed by atoms with E-state index in [1.165, 1.54) is 17.5 Å². The van der Waals surface area contributed by atoms with Gasteiger partial charge in [0.15, 0.2) is 6.29 Å². The Kier molecular flexibility index (Phi) is 2.97. The van der Waals surface area contributed by atoms with E-state index in [2.05, 4.69) is 41.6 Å². The van der Waals surface area contributed by atoms with Gasteiger partial charge in [-0.3, -0.25) is 4.79 Å². The molecule has 0 saturated heterocycles. The summed E-state index contributed by atoms with van der Waals surface area (Å²) in [5, 5.41) is 0. The average molecular weight is 254 g/mol. The molecule has 3 nitrogen and oxygen atoms in total. The molecule has 1 aliphatic heterocycles. The lowest BCUT2D eigenvalue weighted by molar-refractivity contribution is 0.111. The van der Waals surface area contributed by atoms with Crippen LogP contribution < -0.4 is 0 Å². The molecule has 1 aromatic heterocycles. The Balaban J connectivity index is 2.16. The lowest BCUT2D eigenvalue weighted by Gasteiger charge is -2.17. The van der Waals surface area contributed by atoms with E-state index in [1.807, 2.05) is 0 Å². The van der Waals surface area contributed by atoms with Gasteiger partial charge in [-0.1, -0.05) is 12.1 Å². The first-order valence-electron chi connectivity index (χ1n) is 6.83. The summed E-state index contributed by atoms with van der Waals surface area (Å²) >= 11 is 0. The molecule has 0 fully saturated rings. The summed E-state index contributed by atoms with van der Waals surface area (Å²) in [6.07, 6.45) is 4.17. The average Bonchev–Trinajstić information content (AvgIpc) is 2.81. The second-order valence-electron chi connectivity index (χ2n) is 5.29. The Bertz CT molecular complexity index is 640. The molecule has 0 spiro atoms. The number of carbonyl (C=O) groups excluding carboxylic acids is 1. The number of hydrogen-bond acceptors (Lipinski definition) is 2. The van der Waals surface area contributed by atoms with Gasteiger partial charge in [0.25, 0.3) is 0 Å². The van der Waals surface area contributed by atoms with Crippen LogP contribution in [0, 0.1) is 13.8 Å². The molecule has 19 heavy (non-hydrogen) atoms. The SMILES string of the molecule is Cc1ccc(-c2nc(C=O)c3n2CCCC3)cc1C. The number of hydrogen-bond donors (Lipinski definition) is 0. The van der Waals surface area contributed by atoms with Crippen molar-refractivity contribution in [2.75, 3.05) is 0 Å². The summed E-state index contributed by atoms with van der Waals surface area (Å²) < 4.78 is 2.22. The van der Waals surface area contributed by atoms with Gasteiger partial charge in [0.2, 0.25) is 0 Å². The van der Waals surface area contributed by atoms with Crippen LogP contribution in [0.5, 0.6) is 0 Å². The third kappa shape index (κ3) is 1.99.